The van der Waals surface area contributed by atoms with Gasteiger partial charge in [-0.05, 0) is 180 Å². The van der Waals surface area contributed by atoms with Crippen LogP contribution in [0, 0.1) is 0 Å². The highest BCUT2D eigenvalue weighted by Gasteiger charge is 2.30. The zero-order valence-electron chi connectivity index (χ0n) is 68.1. The second-order valence-corrected chi connectivity index (χ2v) is 29.9. The molecule has 0 spiro atoms. The number of allylic oxidation sites excluding steroid dienone is 32. The molecule has 0 bridgehead atoms. The summed E-state index contributed by atoms with van der Waals surface area (Å²) < 4.78 is 68.5. The quantitative estimate of drug-likeness (QED) is 0.0169. The maximum atomic E-state index is 13.1. The van der Waals surface area contributed by atoms with Crippen molar-refractivity contribution in [1.82, 2.24) is 0 Å². The first-order valence-corrected chi connectivity index (χ1v) is 44.7. The van der Waals surface area contributed by atoms with Crippen molar-refractivity contribution in [3.63, 3.8) is 0 Å². The van der Waals surface area contributed by atoms with E-state index in [4.69, 9.17) is 37.0 Å². The highest BCUT2D eigenvalue weighted by atomic mass is 31.2. The van der Waals surface area contributed by atoms with Gasteiger partial charge in [-0.15, -0.1) is 0 Å². The van der Waals surface area contributed by atoms with Crippen molar-refractivity contribution >= 4 is 39.5 Å². The molecule has 0 rings (SSSR count). The molecule has 0 aliphatic heterocycles. The van der Waals surface area contributed by atoms with Crippen LogP contribution < -0.4 is 0 Å². The lowest BCUT2D eigenvalue weighted by Crippen LogP contribution is -2.30. The molecule has 622 valence electrons. The van der Waals surface area contributed by atoms with Gasteiger partial charge in [0.05, 0.1) is 26.4 Å². The van der Waals surface area contributed by atoms with Crippen LogP contribution in [0.4, 0.5) is 0 Å². The standard InChI is InChI=1S/C91H146O17P2/c1-5-9-13-17-21-25-29-33-37-40-42-45-48-51-55-59-63-67-71-75-88(93)101-81-86(107-90(95)77-73-69-65-61-57-53-47-36-32-28-24-20-16-12-8-4)83-105-109(97,98)103-79-85(92)80-104-110(99,100)106-84-87(108-91(96)78-74-70-66-62-58-54-50-44-39-35-31-27-23-19-15-11-7-3)82-102-89(94)76-72-68-64-60-56-52-49-46-43-41-38-34-30-26-22-18-14-10-6-2/h10,14,21-28,33-39,42-43,45-47,50-52,54-56,62-63,66-67,85-87,92H,5-9,11-13,15-20,29-32,40-41,44,48-49,53,57-61,64-65,68-84H2,1-4H3,(H,97,98)(H,99,100)/b14-10-,25-21-,26-22-,27-23-,28-24-,37-33-,38-34-,39-35-,45-42-,46-43-,47-36-,54-50-,55-51-,56-52-,66-62-,67-63-/t85-,86+,87+/m0/s1. The Kier molecular flexibility index (Phi) is 76.4. The van der Waals surface area contributed by atoms with Gasteiger partial charge in [0.15, 0.2) is 12.2 Å². The molecule has 0 fully saturated rings. The van der Waals surface area contributed by atoms with Crippen LogP contribution in [0.5, 0.6) is 0 Å². The second kappa shape index (κ2) is 80.9. The molecule has 0 heterocycles. The number of carbonyl (C=O) groups excluding carboxylic acids is 4. The monoisotopic (exact) mass is 1570 g/mol. The second-order valence-electron chi connectivity index (χ2n) is 27.0. The lowest BCUT2D eigenvalue weighted by molar-refractivity contribution is -0.161. The van der Waals surface area contributed by atoms with Crippen molar-refractivity contribution in [3.05, 3.63) is 194 Å². The fourth-order valence-corrected chi connectivity index (χ4v) is 11.8. The van der Waals surface area contributed by atoms with Crippen LogP contribution in [0.3, 0.4) is 0 Å². The molecule has 0 aliphatic rings. The van der Waals surface area contributed by atoms with Crippen molar-refractivity contribution < 1.29 is 80.2 Å². The van der Waals surface area contributed by atoms with Crippen LogP contribution in [0.25, 0.3) is 0 Å². The van der Waals surface area contributed by atoms with Gasteiger partial charge in [0.2, 0.25) is 0 Å². The van der Waals surface area contributed by atoms with E-state index in [1.807, 2.05) is 30.4 Å². The Bertz CT molecular complexity index is 2850. The van der Waals surface area contributed by atoms with E-state index in [0.717, 1.165) is 148 Å². The predicted molar refractivity (Wildman–Crippen MR) is 454 cm³/mol. The number of hydrogen-bond donors (Lipinski definition) is 3. The summed E-state index contributed by atoms with van der Waals surface area (Å²) in [6.45, 7) is 4.46. The molecule has 0 aliphatic carbocycles. The number of aliphatic hydroxyl groups is 1. The van der Waals surface area contributed by atoms with Crippen molar-refractivity contribution in [3.8, 4) is 0 Å². The third-order valence-corrected chi connectivity index (χ3v) is 18.4. The normalized spacial score (nSPS) is 14.8. The zero-order valence-corrected chi connectivity index (χ0v) is 69.9. The van der Waals surface area contributed by atoms with E-state index in [0.29, 0.717) is 38.5 Å². The number of phosphoric ester groups is 2. The molecule has 5 atom stereocenters. The fourth-order valence-electron chi connectivity index (χ4n) is 10.2. The lowest BCUT2D eigenvalue weighted by atomic mass is 10.1. The number of unbranched alkanes of at least 4 members (excludes halogenated alkanes) is 18. The van der Waals surface area contributed by atoms with E-state index in [1.165, 1.54) is 57.8 Å². The van der Waals surface area contributed by atoms with Gasteiger partial charge in [-0.1, -0.05) is 286 Å². The molecule has 0 aromatic rings. The van der Waals surface area contributed by atoms with Crippen LogP contribution in [-0.2, 0) is 65.4 Å². The maximum absolute atomic E-state index is 13.1. The third-order valence-electron chi connectivity index (χ3n) is 16.5. The van der Waals surface area contributed by atoms with E-state index in [-0.39, 0.29) is 25.7 Å². The topological polar surface area (TPSA) is 237 Å². The Morgan fingerprint density at radius 3 is 0.827 bits per heavy atom. The number of hydrogen-bond acceptors (Lipinski definition) is 15. The maximum Gasteiger partial charge on any atom is 0.472 e. The minimum absolute atomic E-state index is 0.00153. The first-order valence-electron chi connectivity index (χ1n) is 41.7. The Morgan fingerprint density at radius 2 is 0.500 bits per heavy atom. The molecule has 0 radical (unpaired) electrons. The van der Waals surface area contributed by atoms with Gasteiger partial charge < -0.3 is 33.8 Å². The summed E-state index contributed by atoms with van der Waals surface area (Å²) in [4.78, 5) is 73.1. The van der Waals surface area contributed by atoms with E-state index in [9.17, 15) is 43.2 Å². The van der Waals surface area contributed by atoms with Gasteiger partial charge in [0.1, 0.15) is 19.3 Å². The van der Waals surface area contributed by atoms with Crippen LogP contribution in [0.2, 0.25) is 0 Å². The van der Waals surface area contributed by atoms with Gasteiger partial charge in [0.25, 0.3) is 0 Å². The highest BCUT2D eigenvalue weighted by Crippen LogP contribution is 2.45. The molecular formula is C91H146O17P2. The summed E-state index contributed by atoms with van der Waals surface area (Å²) in [6, 6.07) is 0. The molecular weight excluding hydrogens is 1430 g/mol. The Balaban J connectivity index is 5.55. The van der Waals surface area contributed by atoms with Crippen molar-refractivity contribution in [2.75, 3.05) is 39.6 Å². The van der Waals surface area contributed by atoms with Crippen LogP contribution in [-0.4, -0.2) is 96.7 Å². The van der Waals surface area contributed by atoms with E-state index in [2.05, 4.69) is 192 Å². The van der Waals surface area contributed by atoms with E-state index >= 15 is 0 Å². The van der Waals surface area contributed by atoms with Crippen LogP contribution in [0.15, 0.2) is 194 Å². The number of esters is 4. The van der Waals surface area contributed by atoms with E-state index < -0.39 is 97.5 Å². The summed E-state index contributed by atoms with van der Waals surface area (Å²) >= 11 is 0. The van der Waals surface area contributed by atoms with Gasteiger partial charge >= 0.3 is 39.5 Å². The summed E-state index contributed by atoms with van der Waals surface area (Å²) in [5.74, 6) is -2.41. The lowest BCUT2D eigenvalue weighted by Gasteiger charge is -2.21. The summed E-state index contributed by atoms with van der Waals surface area (Å²) in [7, 11) is -10.0. The SMILES string of the molecule is CC/C=C\C/C=C\C/C=C\C/C=C\C/C=C\CCCCCC(=O)OC[C@H](COP(=O)(O)OC[C@@H](O)COP(=O)(O)OC[C@@H](COC(=O)CC/C=C\C/C=C\C/C=C\C/C=C\C/C=C\CCCCC)OC(=O)CCCCCCC/C=C\C/C=C\CCCCC)OC(=O)CCC/C=C\C/C=C\C/C=C\C/C=C\CCCCC. The summed E-state index contributed by atoms with van der Waals surface area (Å²) in [5, 5.41) is 10.7. The summed E-state index contributed by atoms with van der Waals surface area (Å²) in [6.07, 6.45) is 99.9. The first-order chi connectivity index (χ1) is 53.7. The molecule has 19 heteroatoms. The average molecular weight is 1570 g/mol. The number of aliphatic hydroxyl groups excluding tert-OH is 1. The minimum atomic E-state index is -5.02. The predicted octanol–water partition coefficient (Wildman–Crippen LogP) is 24.9. The van der Waals surface area contributed by atoms with E-state index in [1.54, 1.807) is 0 Å². The molecule has 2 unspecified atom stereocenters. The van der Waals surface area contributed by atoms with Crippen molar-refractivity contribution in [2.24, 2.45) is 0 Å². The Hall–Kier alpha value is -6.10. The molecule has 3 N–H and O–H groups in total. The van der Waals surface area contributed by atoms with Gasteiger partial charge in [-0.3, -0.25) is 37.3 Å². The zero-order chi connectivity index (χ0) is 80.3. The number of carbonyl (C=O) groups is 4. The minimum Gasteiger partial charge on any atom is -0.462 e. The Morgan fingerprint density at radius 1 is 0.264 bits per heavy atom. The smallest absolute Gasteiger partial charge is 0.462 e. The van der Waals surface area contributed by atoms with Crippen molar-refractivity contribution in [2.45, 2.75) is 316 Å². The highest BCUT2D eigenvalue weighted by molar-refractivity contribution is 7.47. The molecule has 110 heavy (non-hydrogen) atoms. The number of ether oxygens (including phenoxy) is 4. The molecule has 17 nitrogen and oxygen atoms in total. The average Bonchev–Trinajstić information content (AvgIpc) is 0.906. The molecule has 0 aromatic heterocycles. The fraction of sp³-hybridized carbons (Fsp3) is 0.604. The number of rotatable bonds is 76. The Labute approximate surface area is 666 Å². The summed E-state index contributed by atoms with van der Waals surface area (Å²) in [5.41, 5.74) is 0. The molecule has 0 saturated carbocycles. The molecule has 0 aromatic carbocycles. The van der Waals surface area contributed by atoms with Crippen LogP contribution in [0.1, 0.15) is 297 Å². The molecule has 0 amide bonds. The van der Waals surface area contributed by atoms with Crippen LogP contribution >= 0.6 is 15.6 Å². The third kappa shape index (κ3) is 80.0. The van der Waals surface area contributed by atoms with Gasteiger partial charge in [-0.2, -0.15) is 0 Å². The molecule has 0 saturated heterocycles. The van der Waals surface area contributed by atoms with Gasteiger partial charge in [-0.25, -0.2) is 9.13 Å². The van der Waals surface area contributed by atoms with Gasteiger partial charge in [0, 0.05) is 25.7 Å². The van der Waals surface area contributed by atoms with Crippen molar-refractivity contribution in [1.29, 1.82) is 0 Å². The number of phosphoric acid groups is 2. The first kappa shape index (κ1) is 104. The largest absolute Gasteiger partial charge is 0.472 e.